The summed E-state index contributed by atoms with van der Waals surface area (Å²) in [6.45, 7) is 0. The van der Waals surface area contributed by atoms with E-state index in [9.17, 15) is 18.0 Å². The number of pyridine rings is 1. The molecule has 26 heavy (non-hydrogen) atoms. The first-order chi connectivity index (χ1) is 12.1. The van der Waals surface area contributed by atoms with Crippen LogP contribution in [0.5, 0.6) is 0 Å². The van der Waals surface area contributed by atoms with Gasteiger partial charge in [-0.15, -0.1) is 0 Å². The summed E-state index contributed by atoms with van der Waals surface area (Å²) in [5, 5.41) is 12.5. The van der Waals surface area contributed by atoms with Gasteiger partial charge >= 0.3 is 12.1 Å². The van der Waals surface area contributed by atoms with Crippen LogP contribution < -0.4 is 0 Å². The fraction of sp³-hybridized carbons (Fsp3) is 0.188. The summed E-state index contributed by atoms with van der Waals surface area (Å²) in [5.41, 5.74) is -3.08. The number of carboxylic acid groups (broad SMARTS) is 1. The summed E-state index contributed by atoms with van der Waals surface area (Å²) in [6, 6.07) is 6.03. The van der Waals surface area contributed by atoms with Crippen LogP contribution in [0, 0.1) is 0 Å². The second kappa shape index (κ2) is 6.44. The minimum absolute atomic E-state index is 0.0251. The molecule has 2 aromatic rings. The van der Waals surface area contributed by atoms with E-state index in [0.29, 0.717) is 0 Å². The van der Waals surface area contributed by atoms with E-state index in [1.165, 1.54) is 18.2 Å². The molecule has 1 N–H and O–H groups in total. The molecule has 10 heteroatoms. The van der Waals surface area contributed by atoms with Crippen LogP contribution in [0.25, 0.3) is 0 Å². The molecule has 0 fully saturated rings. The van der Waals surface area contributed by atoms with Gasteiger partial charge in [0.25, 0.3) is 5.60 Å². The Balaban J connectivity index is 1.99. The molecule has 1 aromatic heterocycles. The van der Waals surface area contributed by atoms with Crippen LogP contribution in [0.2, 0.25) is 10.0 Å². The van der Waals surface area contributed by atoms with Crippen molar-refractivity contribution in [2.24, 2.45) is 5.16 Å². The Hall–Kier alpha value is -2.32. The fourth-order valence-electron chi connectivity index (χ4n) is 2.54. The summed E-state index contributed by atoms with van der Waals surface area (Å²) in [4.78, 5) is 19.3. The Morgan fingerprint density at radius 3 is 2.35 bits per heavy atom. The Kier molecular flexibility index (Phi) is 4.58. The highest BCUT2D eigenvalue weighted by Crippen LogP contribution is 2.49. The minimum Gasteiger partial charge on any atom is -0.477 e. The quantitative estimate of drug-likeness (QED) is 0.806. The number of rotatable bonds is 3. The van der Waals surface area contributed by atoms with Gasteiger partial charge < -0.3 is 9.94 Å². The van der Waals surface area contributed by atoms with Gasteiger partial charge in [0.1, 0.15) is 5.69 Å². The molecule has 0 spiro atoms. The first kappa shape index (κ1) is 18.5. The summed E-state index contributed by atoms with van der Waals surface area (Å²) < 4.78 is 41.5. The minimum atomic E-state index is -4.80. The molecule has 0 saturated heterocycles. The molecule has 1 aromatic carbocycles. The zero-order valence-electron chi connectivity index (χ0n) is 12.7. The first-order valence-corrected chi connectivity index (χ1v) is 7.86. The van der Waals surface area contributed by atoms with Crippen molar-refractivity contribution in [1.82, 2.24) is 4.98 Å². The molecule has 0 amide bonds. The number of nitrogens with zero attached hydrogens (tertiary/aromatic N) is 2. The molecular formula is C16H9Cl2F3N2O3. The van der Waals surface area contributed by atoms with Gasteiger partial charge in [-0.3, -0.25) is 0 Å². The summed E-state index contributed by atoms with van der Waals surface area (Å²) >= 11 is 11.7. The molecule has 0 saturated carbocycles. The van der Waals surface area contributed by atoms with Gasteiger partial charge in [-0.25, -0.2) is 9.78 Å². The predicted octanol–water partition coefficient (Wildman–Crippen LogP) is 4.67. The molecule has 1 atom stereocenters. The number of aromatic nitrogens is 1. The van der Waals surface area contributed by atoms with Crippen LogP contribution in [0.15, 0.2) is 41.7 Å². The van der Waals surface area contributed by atoms with Crippen LogP contribution in [-0.2, 0) is 10.4 Å². The highest BCUT2D eigenvalue weighted by Gasteiger charge is 2.62. The van der Waals surface area contributed by atoms with E-state index in [1.807, 2.05) is 0 Å². The molecule has 3 rings (SSSR count). The zero-order valence-corrected chi connectivity index (χ0v) is 14.2. The van der Waals surface area contributed by atoms with Gasteiger partial charge in [-0.2, -0.15) is 13.2 Å². The smallest absolute Gasteiger partial charge is 0.435 e. The number of hydrogen-bond donors (Lipinski definition) is 1. The number of halogens is 5. The SMILES string of the molecule is O=C(O)c1ccc(C2=NOC(c3cc(Cl)cc(Cl)c3)(C(F)(F)F)C2)cn1. The number of carbonyl (C=O) groups is 1. The van der Waals surface area contributed by atoms with Gasteiger partial charge in [0, 0.05) is 27.4 Å². The number of benzene rings is 1. The molecular weight excluding hydrogens is 396 g/mol. The third-order valence-corrected chi connectivity index (χ3v) is 4.27. The normalized spacial score (nSPS) is 19.8. The average Bonchev–Trinajstić information content (AvgIpc) is 3.00. The van der Waals surface area contributed by atoms with Crippen molar-refractivity contribution in [3.8, 4) is 0 Å². The molecule has 1 unspecified atom stereocenters. The van der Waals surface area contributed by atoms with Crippen LogP contribution in [-0.4, -0.2) is 27.9 Å². The lowest BCUT2D eigenvalue weighted by molar-refractivity contribution is -0.275. The van der Waals surface area contributed by atoms with E-state index in [1.54, 1.807) is 0 Å². The van der Waals surface area contributed by atoms with E-state index in [4.69, 9.17) is 33.1 Å². The van der Waals surface area contributed by atoms with Crippen molar-refractivity contribution in [2.75, 3.05) is 0 Å². The summed E-state index contributed by atoms with van der Waals surface area (Å²) in [7, 11) is 0. The maximum absolute atomic E-state index is 13.8. The Labute approximate surface area is 155 Å². The number of oxime groups is 1. The lowest BCUT2D eigenvalue weighted by Gasteiger charge is -2.29. The maximum atomic E-state index is 13.8. The fourth-order valence-corrected chi connectivity index (χ4v) is 3.06. The second-order valence-electron chi connectivity index (χ2n) is 5.53. The van der Waals surface area contributed by atoms with Crippen LogP contribution in [0.3, 0.4) is 0 Å². The van der Waals surface area contributed by atoms with Crippen LogP contribution in [0.1, 0.15) is 28.0 Å². The Morgan fingerprint density at radius 2 is 1.85 bits per heavy atom. The van der Waals surface area contributed by atoms with Crippen LogP contribution in [0.4, 0.5) is 13.2 Å². The topological polar surface area (TPSA) is 71.8 Å². The molecule has 0 aliphatic carbocycles. The molecule has 0 radical (unpaired) electrons. The monoisotopic (exact) mass is 404 g/mol. The van der Waals surface area contributed by atoms with Gasteiger partial charge in [0.05, 0.1) is 12.1 Å². The molecule has 2 heterocycles. The van der Waals surface area contributed by atoms with E-state index in [-0.39, 0.29) is 32.6 Å². The van der Waals surface area contributed by atoms with E-state index in [0.717, 1.165) is 18.3 Å². The Morgan fingerprint density at radius 1 is 1.19 bits per heavy atom. The van der Waals surface area contributed by atoms with E-state index >= 15 is 0 Å². The third kappa shape index (κ3) is 3.22. The third-order valence-electron chi connectivity index (χ3n) is 3.83. The lowest BCUT2D eigenvalue weighted by atomic mass is 9.87. The van der Waals surface area contributed by atoms with Crippen molar-refractivity contribution in [3.05, 3.63) is 63.4 Å². The molecule has 136 valence electrons. The second-order valence-corrected chi connectivity index (χ2v) is 6.40. The highest BCUT2D eigenvalue weighted by atomic mass is 35.5. The van der Waals surface area contributed by atoms with E-state index in [2.05, 4.69) is 10.1 Å². The zero-order chi connectivity index (χ0) is 19.1. The van der Waals surface area contributed by atoms with Crippen LogP contribution >= 0.6 is 23.2 Å². The highest BCUT2D eigenvalue weighted by molar-refractivity contribution is 6.34. The standard InChI is InChI=1S/C16H9Cl2F3N2O3/c17-10-3-9(4-11(18)5-10)15(16(19,20)21)6-13(23-26-15)8-1-2-12(14(24)25)22-7-8/h1-5,7H,6H2,(H,24,25). The molecule has 1 aliphatic heterocycles. The van der Waals surface area contributed by atoms with Gasteiger partial charge in [0.2, 0.25) is 0 Å². The number of aromatic carboxylic acids is 1. The number of hydrogen-bond acceptors (Lipinski definition) is 4. The Bertz CT molecular complexity index is 880. The van der Waals surface area contributed by atoms with Crippen molar-refractivity contribution >= 4 is 34.9 Å². The van der Waals surface area contributed by atoms with Crippen molar-refractivity contribution in [1.29, 1.82) is 0 Å². The first-order valence-electron chi connectivity index (χ1n) is 7.10. The molecule has 1 aliphatic rings. The van der Waals surface area contributed by atoms with Crippen molar-refractivity contribution < 1.29 is 27.9 Å². The number of carboxylic acids is 1. The molecule has 5 nitrogen and oxygen atoms in total. The lowest BCUT2D eigenvalue weighted by Crippen LogP contribution is -2.42. The molecule has 0 bridgehead atoms. The van der Waals surface area contributed by atoms with Gasteiger partial charge in [-0.1, -0.05) is 28.4 Å². The van der Waals surface area contributed by atoms with Crippen molar-refractivity contribution in [3.63, 3.8) is 0 Å². The summed E-state index contributed by atoms with van der Waals surface area (Å²) in [6.07, 6.45) is -4.31. The maximum Gasteiger partial charge on any atom is 0.435 e. The average molecular weight is 405 g/mol. The van der Waals surface area contributed by atoms with Gasteiger partial charge in [0.15, 0.2) is 0 Å². The largest absolute Gasteiger partial charge is 0.477 e. The number of alkyl halides is 3. The van der Waals surface area contributed by atoms with E-state index < -0.39 is 24.2 Å². The summed E-state index contributed by atoms with van der Waals surface area (Å²) in [5.74, 6) is -1.25. The van der Waals surface area contributed by atoms with Gasteiger partial charge in [-0.05, 0) is 30.3 Å². The predicted molar refractivity (Wildman–Crippen MR) is 87.6 cm³/mol. The van der Waals surface area contributed by atoms with Crippen molar-refractivity contribution in [2.45, 2.75) is 18.2 Å².